The molecule has 4 aromatic rings. The first-order valence-corrected chi connectivity index (χ1v) is 9.77. The van der Waals surface area contributed by atoms with Crippen LogP contribution in [0.2, 0.25) is 5.02 Å². The summed E-state index contributed by atoms with van der Waals surface area (Å²) in [6.45, 7) is 0.620. The zero-order chi connectivity index (χ0) is 19.1. The third kappa shape index (κ3) is 3.19. The predicted molar refractivity (Wildman–Crippen MR) is 111 cm³/mol. The summed E-state index contributed by atoms with van der Waals surface area (Å²) in [7, 11) is 0. The van der Waals surface area contributed by atoms with E-state index in [1.165, 1.54) is 11.3 Å². The van der Waals surface area contributed by atoms with Crippen molar-refractivity contribution in [3.8, 4) is 21.9 Å². The normalized spacial score (nSPS) is 12.5. The van der Waals surface area contributed by atoms with Crippen molar-refractivity contribution in [1.29, 1.82) is 0 Å². The molecule has 0 amide bonds. The maximum atomic E-state index is 12.5. The number of rotatable bonds is 4. The number of anilines is 1. The second-order valence-corrected chi connectivity index (χ2v) is 7.75. The summed E-state index contributed by atoms with van der Waals surface area (Å²) in [6, 6.07) is 15.1. The number of hydrogen-bond acceptors (Lipinski definition) is 6. The number of aromatic nitrogens is 2. The molecule has 2 aromatic heterocycles. The zero-order valence-corrected chi connectivity index (χ0v) is 16.1. The molecule has 6 nitrogen and oxygen atoms in total. The van der Waals surface area contributed by atoms with Crippen molar-refractivity contribution in [2.45, 2.75) is 6.54 Å². The predicted octanol–water partition coefficient (Wildman–Crippen LogP) is 4.65. The molecule has 2 aromatic carbocycles. The molecule has 28 heavy (non-hydrogen) atoms. The summed E-state index contributed by atoms with van der Waals surface area (Å²) in [6.07, 6.45) is 0. The number of nitrogens with one attached hydrogen (secondary N) is 2. The standard InChI is InChI=1S/C20H14ClN3O3S/c21-12-3-1-11(2-4-12)17-8-14-19(28-17)20(25)24-18(23-14)9-22-13-5-6-15-16(7-13)27-10-26-15/h1-8,22H,9-10H2,(H,23,24,25). The Balaban J connectivity index is 1.41. The molecule has 3 heterocycles. The molecular weight excluding hydrogens is 398 g/mol. The number of fused-ring (bicyclic) bond motifs is 2. The topological polar surface area (TPSA) is 76.2 Å². The van der Waals surface area contributed by atoms with Gasteiger partial charge in [-0.1, -0.05) is 23.7 Å². The Bertz CT molecular complexity index is 1230. The minimum atomic E-state index is -0.141. The van der Waals surface area contributed by atoms with Crippen LogP contribution in [0.5, 0.6) is 11.5 Å². The first kappa shape index (κ1) is 17.1. The number of thiophene rings is 1. The molecule has 0 atom stereocenters. The summed E-state index contributed by atoms with van der Waals surface area (Å²) in [4.78, 5) is 20.9. The molecule has 1 aliphatic heterocycles. The van der Waals surface area contributed by atoms with Gasteiger partial charge in [0, 0.05) is 21.7 Å². The maximum absolute atomic E-state index is 12.5. The van der Waals surface area contributed by atoms with Crippen LogP contribution in [0.4, 0.5) is 5.69 Å². The molecule has 0 saturated carbocycles. The van der Waals surface area contributed by atoms with E-state index in [4.69, 9.17) is 21.1 Å². The van der Waals surface area contributed by atoms with E-state index in [1.807, 2.05) is 48.5 Å². The fourth-order valence-electron chi connectivity index (χ4n) is 3.02. The van der Waals surface area contributed by atoms with Crippen LogP contribution in [0.3, 0.4) is 0 Å². The van der Waals surface area contributed by atoms with Gasteiger partial charge < -0.3 is 19.8 Å². The minimum absolute atomic E-state index is 0.141. The summed E-state index contributed by atoms with van der Waals surface area (Å²) in [5.74, 6) is 1.99. The van der Waals surface area contributed by atoms with Gasteiger partial charge in [-0.05, 0) is 35.9 Å². The largest absolute Gasteiger partial charge is 0.454 e. The molecule has 140 valence electrons. The minimum Gasteiger partial charge on any atom is -0.454 e. The van der Waals surface area contributed by atoms with Crippen LogP contribution >= 0.6 is 22.9 Å². The summed E-state index contributed by atoms with van der Waals surface area (Å²) in [5, 5.41) is 3.93. The highest BCUT2D eigenvalue weighted by atomic mass is 35.5. The second-order valence-electron chi connectivity index (χ2n) is 6.27. The molecule has 2 N–H and O–H groups in total. The van der Waals surface area contributed by atoms with Gasteiger partial charge in [0.15, 0.2) is 11.5 Å². The first-order valence-electron chi connectivity index (χ1n) is 8.58. The van der Waals surface area contributed by atoms with Crippen LogP contribution in [0.15, 0.2) is 53.3 Å². The highest BCUT2D eigenvalue weighted by Crippen LogP contribution is 2.34. The zero-order valence-electron chi connectivity index (χ0n) is 14.5. The molecule has 0 saturated heterocycles. The Morgan fingerprint density at radius 2 is 1.93 bits per heavy atom. The Morgan fingerprint density at radius 1 is 1.11 bits per heavy atom. The molecule has 0 unspecified atom stereocenters. The maximum Gasteiger partial charge on any atom is 0.268 e. The van der Waals surface area contributed by atoms with Crippen molar-refractivity contribution in [2.75, 3.05) is 12.1 Å². The third-order valence-corrected chi connectivity index (χ3v) is 5.82. The third-order valence-electron chi connectivity index (χ3n) is 4.39. The van der Waals surface area contributed by atoms with Gasteiger partial charge in [-0.2, -0.15) is 0 Å². The molecule has 5 rings (SSSR count). The molecule has 0 bridgehead atoms. The van der Waals surface area contributed by atoms with Gasteiger partial charge in [0.2, 0.25) is 6.79 Å². The quantitative estimate of drug-likeness (QED) is 0.511. The highest BCUT2D eigenvalue weighted by molar-refractivity contribution is 7.22. The summed E-state index contributed by atoms with van der Waals surface area (Å²) in [5.41, 5.74) is 2.41. The van der Waals surface area contributed by atoms with Crippen molar-refractivity contribution in [2.24, 2.45) is 0 Å². The van der Waals surface area contributed by atoms with E-state index < -0.39 is 0 Å². The molecule has 1 aliphatic rings. The van der Waals surface area contributed by atoms with Crippen molar-refractivity contribution in [3.63, 3.8) is 0 Å². The number of nitrogens with zero attached hydrogens (tertiary/aromatic N) is 1. The number of benzene rings is 2. The first-order chi connectivity index (χ1) is 13.7. The van der Waals surface area contributed by atoms with Gasteiger partial charge in [-0.15, -0.1) is 11.3 Å². The van der Waals surface area contributed by atoms with E-state index in [0.29, 0.717) is 33.4 Å². The number of hydrogen-bond donors (Lipinski definition) is 2. The Hall–Kier alpha value is -3.03. The molecule has 0 aliphatic carbocycles. The van der Waals surface area contributed by atoms with E-state index in [0.717, 1.165) is 21.9 Å². The van der Waals surface area contributed by atoms with Crippen LogP contribution in [0.1, 0.15) is 5.82 Å². The number of ether oxygens (including phenoxy) is 2. The van der Waals surface area contributed by atoms with Crippen molar-refractivity contribution < 1.29 is 9.47 Å². The van der Waals surface area contributed by atoms with Crippen molar-refractivity contribution in [3.05, 3.63) is 69.7 Å². The summed E-state index contributed by atoms with van der Waals surface area (Å²) >= 11 is 7.37. The average molecular weight is 412 g/mol. The lowest BCUT2D eigenvalue weighted by Gasteiger charge is -2.06. The van der Waals surface area contributed by atoms with E-state index in [-0.39, 0.29) is 12.4 Å². The Kier molecular flexibility index (Phi) is 4.18. The van der Waals surface area contributed by atoms with Crippen LogP contribution in [0, 0.1) is 0 Å². The number of H-pyrrole nitrogens is 1. The fourth-order valence-corrected chi connectivity index (χ4v) is 4.14. The smallest absolute Gasteiger partial charge is 0.268 e. The molecule has 8 heteroatoms. The van der Waals surface area contributed by atoms with Crippen LogP contribution in [0.25, 0.3) is 20.7 Å². The van der Waals surface area contributed by atoms with E-state index in [9.17, 15) is 4.79 Å². The van der Waals surface area contributed by atoms with Crippen LogP contribution in [-0.4, -0.2) is 16.8 Å². The monoisotopic (exact) mass is 411 g/mol. The van der Waals surface area contributed by atoms with Gasteiger partial charge >= 0.3 is 0 Å². The Labute approximate surface area is 168 Å². The SMILES string of the molecule is O=c1[nH]c(CNc2ccc3c(c2)OCO3)nc2cc(-c3ccc(Cl)cc3)sc12. The summed E-state index contributed by atoms with van der Waals surface area (Å²) < 4.78 is 11.3. The lowest BCUT2D eigenvalue weighted by atomic mass is 10.2. The highest BCUT2D eigenvalue weighted by Gasteiger charge is 2.14. The van der Waals surface area contributed by atoms with E-state index in [2.05, 4.69) is 15.3 Å². The van der Waals surface area contributed by atoms with Gasteiger partial charge in [0.25, 0.3) is 5.56 Å². The van der Waals surface area contributed by atoms with Gasteiger partial charge in [0.1, 0.15) is 10.5 Å². The van der Waals surface area contributed by atoms with E-state index in [1.54, 1.807) is 0 Å². The number of aromatic amines is 1. The Morgan fingerprint density at radius 3 is 2.79 bits per heavy atom. The van der Waals surface area contributed by atoms with Crippen molar-refractivity contribution in [1.82, 2.24) is 9.97 Å². The number of halogens is 1. The van der Waals surface area contributed by atoms with E-state index >= 15 is 0 Å². The van der Waals surface area contributed by atoms with Gasteiger partial charge in [-0.25, -0.2) is 4.98 Å². The fraction of sp³-hybridized carbons (Fsp3) is 0.100. The van der Waals surface area contributed by atoms with Gasteiger partial charge in [0.05, 0.1) is 12.1 Å². The van der Waals surface area contributed by atoms with Crippen LogP contribution in [-0.2, 0) is 6.54 Å². The van der Waals surface area contributed by atoms with Crippen molar-refractivity contribution >= 4 is 38.8 Å². The average Bonchev–Trinajstić information content (AvgIpc) is 3.33. The van der Waals surface area contributed by atoms with Gasteiger partial charge in [-0.3, -0.25) is 4.79 Å². The lowest BCUT2D eigenvalue weighted by Crippen LogP contribution is -2.13. The molecule has 0 radical (unpaired) electrons. The lowest BCUT2D eigenvalue weighted by molar-refractivity contribution is 0.174. The molecular formula is C20H14ClN3O3S. The van der Waals surface area contributed by atoms with Crippen LogP contribution < -0.4 is 20.3 Å². The second kappa shape index (κ2) is 6.85. The molecule has 0 fully saturated rings. The molecule has 0 spiro atoms.